The first kappa shape index (κ1) is 14.3. The Morgan fingerprint density at radius 1 is 1.24 bits per heavy atom. The van der Waals surface area contributed by atoms with Crippen LogP contribution in [0.1, 0.15) is 13.8 Å². The molecule has 1 aromatic carbocycles. The summed E-state index contributed by atoms with van der Waals surface area (Å²) in [4.78, 5) is -0.0710. The first-order valence-electron chi connectivity index (χ1n) is 4.58. The maximum absolute atomic E-state index is 11.9. The van der Waals surface area contributed by atoms with Crippen LogP contribution in [0.5, 0.6) is 0 Å². The molecule has 0 aromatic heterocycles. The highest BCUT2D eigenvalue weighted by Crippen LogP contribution is 2.23. The van der Waals surface area contributed by atoms with Gasteiger partial charge in [0.05, 0.1) is 11.0 Å². The Hall–Kier alpha value is -0.800. The average Bonchev–Trinajstić information content (AvgIpc) is 2.14. The first-order chi connectivity index (χ1) is 7.66. The van der Waals surface area contributed by atoms with Crippen LogP contribution in [0.15, 0.2) is 23.1 Å². The van der Waals surface area contributed by atoms with E-state index in [1.54, 1.807) is 0 Å². The van der Waals surface area contributed by atoms with E-state index < -0.39 is 15.6 Å². The molecule has 0 saturated heterocycles. The Kier molecular flexibility index (Phi) is 4.05. The van der Waals surface area contributed by atoms with Crippen molar-refractivity contribution in [2.75, 3.05) is 0 Å². The monoisotopic (exact) mass is 292 g/mol. The summed E-state index contributed by atoms with van der Waals surface area (Å²) < 4.78 is 26.1. The summed E-state index contributed by atoms with van der Waals surface area (Å²) in [5.41, 5.74) is -1.20. The molecule has 1 N–H and O–H groups in total. The van der Waals surface area contributed by atoms with Crippen LogP contribution >= 0.6 is 23.2 Å². The summed E-state index contributed by atoms with van der Waals surface area (Å²) in [5, 5.41) is 9.22. The lowest BCUT2D eigenvalue weighted by atomic mass is 10.1. The Morgan fingerprint density at radius 3 is 2.12 bits per heavy atom. The predicted octanol–water partition coefficient (Wildman–Crippen LogP) is 2.57. The van der Waals surface area contributed by atoms with Crippen molar-refractivity contribution >= 4 is 33.2 Å². The van der Waals surface area contributed by atoms with Crippen molar-refractivity contribution in [1.82, 2.24) is 4.72 Å². The van der Waals surface area contributed by atoms with Crippen LogP contribution < -0.4 is 4.72 Å². The van der Waals surface area contributed by atoms with E-state index >= 15 is 0 Å². The highest BCUT2D eigenvalue weighted by Gasteiger charge is 2.26. The van der Waals surface area contributed by atoms with Gasteiger partial charge in [-0.25, -0.2) is 8.42 Å². The van der Waals surface area contributed by atoms with Crippen molar-refractivity contribution in [3.05, 3.63) is 28.2 Å². The van der Waals surface area contributed by atoms with Crippen LogP contribution in [0.4, 0.5) is 0 Å². The van der Waals surface area contributed by atoms with Gasteiger partial charge in [0.15, 0.2) is 0 Å². The van der Waals surface area contributed by atoms with Gasteiger partial charge < -0.3 is 0 Å². The smallest absolute Gasteiger partial charge is 0.207 e. The zero-order chi connectivity index (χ0) is 13.3. The summed E-state index contributed by atoms with van der Waals surface area (Å²) in [6, 6.07) is 5.80. The molecule has 0 radical (unpaired) electrons. The average molecular weight is 293 g/mol. The number of sulfonamides is 1. The molecule has 0 spiro atoms. The Morgan fingerprint density at radius 2 is 1.71 bits per heavy atom. The summed E-state index contributed by atoms with van der Waals surface area (Å²) in [7, 11) is -3.82. The molecule has 4 nitrogen and oxygen atoms in total. The topological polar surface area (TPSA) is 70.0 Å². The normalized spacial score (nSPS) is 12.2. The van der Waals surface area contributed by atoms with Gasteiger partial charge in [0.1, 0.15) is 5.54 Å². The quantitative estimate of drug-likeness (QED) is 0.931. The number of benzene rings is 1. The number of nitriles is 1. The van der Waals surface area contributed by atoms with Crippen molar-refractivity contribution < 1.29 is 8.42 Å². The van der Waals surface area contributed by atoms with Crippen molar-refractivity contribution in [1.29, 1.82) is 5.26 Å². The maximum Gasteiger partial charge on any atom is 0.242 e. The molecule has 7 heteroatoms. The molecule has 1 rings (SSSR count). The third kappa shape index (κ3) is 3.86. The van der Waals surface area contributed by atoms with E-state index in [4.69, 9.17) is 28.5 Å². The minimum absolute atomic E-state index is 0.0710. The number of halogens is 2. The zero-order valence-corrected chi connectivity index (χ0v) is 11.5. The summed E-state index contributed by atoms with van der Waals surface area (Å²) in [6.07, 6.45) is 0. The van der Waals surface area contributed by atoms with E-state index in [-0.39, 0.29) is 14.9 Å². The lowest BCUT2D eigenvalue weighted by molar-refractivity contribution is 0.535. The maximum atomic E-state index is 11.9. The lowest BCUT2D eigenvalue weighted by Gasteiger charge is -2.17. The molecular formula is C10H10Cl2N2O2S. The van der Waals surface area contributed by atoms with Crippen molar-refractivity contribution in [2.24, 2.45) is 0 Å². The van der Waals surface area contributed by atoms with E-state index in [1.165, 1.54) is 32.0 Å². The van der Waals surface area contributed by atoms with E-state index in [9.17, 15) is 8.42 Å². The molecule has 0 aliphatic heterocycles. The summed E-state index contributed by atoms with van der Waals surface area (Å²) in [6.45, 7) is 2.91. The minimum Gasteiger partial charge on any atom is -0.207 e. The van der Waals surface area contributed by atoms with Crippen LogP contribution in [0.3, 0.4) is 0 Å². The number of rotatable bonds is 3. The Bertz CT molecular complexity index is 556. The molecule has 0 fully saturated rings. The highest BCUT2D eigenvalue weighted by molar-refractivity contribution is 7.89. The molecular weight excluding hydrogens is 283 g/mol. The second-order valence-corrected chi connectivity index (χ2v) is 6.50. The van der Waals surface area contributed by atoms with Gasteiger partial charge in [0.25, 0.3) is 0 Å². The van der Waals surface area contributed by atoms with Gasteiger partial charge in [-0.3, -0.25) is 0 Å². The molecule has 17 heavy (non-hydrogen) atoms. The molecule has 0 heterocycles. The molecule has 0 aliphatic carbocycles. The fourth-order valence-corrected chi connectivity index (χ4v) is 3.16. The number of nitrogens with zero attached hydrogens (tertiary/aromatic N) is 1. The van der Waals surface area contributed by atoms with Gasteiger partial charge >= 0.3 is 0 Å². The van der Waals surface area contributed by atoms with Crippen LogP contribution in [0.25, 0.3) is 0 Å². The number of hydrogen-bond acceptors (Lipinski definition) is 3. The van der Waals surface area contributed by atoms with Gasteiger partial charge in [-0.2, -0.15) is 9.98 Å². The number of hydrogen-bond donors (Lipinski definition) is 1. The molecule has 0 amide bonds. The molecule has 0 unspecified atom stereocenters. The summed E-state index contributed by atoms with van der Waals surface area (Å²) >= 11 is 11.4. The van der Waals surface area contributed by atoms with E-state index in [0.29, 0.717) is 0 Å². The molecule has 92 valence electrons. The SMILES string of the molecule is CC(C)(C#N)NS(=O)(=O)c1cc(Cl)cc(Cl)c1. The van der Waals surface area contributed by atoms with Crippen LogP contribution in [-0.2, 0) is 10.0 Å². The van der Waals surface area contributed by atoms with E-state index in [1.807, 2.05) is 6.07 Å². The third-order valence-electron chi connectivity index (χ3n) is 1.82. The van der Waals surface area contributed by atoms with E-state index in [0.717, 1.165) is 0 Å². The van der Waals surface area contributed by atoms with Gasteiger partial charge in [-0.1, -0.05) is 23.2 Å². The fourth-order valence-electron chi connectivity index (χ4n) is 1.10. The summed E-state index contributed by atoms with van der Waals surface area (Å²) in [5.74, 6) is 0. The second kappa shape index (κ2) is 4.83. The molecule has 0 aliphatic rings. The largest absolute Gasteiger partial charge is 0.242 e. The van der Waals surface area contributed by atoms with Crippen molar-refractivity contribution in [2.45, 2.75) is 24.3 Å². The Labute approximate surface area is 110 Å². The standard InChI is InChI=1S/C10H10Cl2N2O2S/c1-10(2,6-13)14-17(15,16)9-4-7(11)3-8(12)5-9/h3-5,14H,1-2H3. The number of nitrogens with one attached hydrogen (secondary N) is 1. The zero-order valence-electron chi connectivity index (χ0n) is 9.16. The van der Waals surface area contributed by atoms with Gasteiger partial charge in [0, 0.05) is 10.0 Å². The van der Waals surface area contributed by atoms with Crippen LogP contribution in [0.2, 0.25) is 10.0 Å². The fraction of sp³-hybridized carbons (Fsp3) is 0.300. The third-order valence-corrected chi connectivity index (χ3v) is 3.89. The highest BCUT2D eigenvalue weighted by atomic mass is 35.5. The van der Waals surface area contributed by atoms with Crippen molar-refractivity contribution in [3.8, 4) is 6.07 Å². The molecule has 0 bridgehead atoms. The molecule has 0 saturated carbocycles. The molecule has 0 atom stereocenters. The second-order valence-electron chi connectivity index (χ2n) is 3.95. The van der Waals surface area contributed by atoms with Gasteiger partial charge in [-0.05, 0) is 32.0 Å². The Balaban J connectivity index is 3.20. The molecule has 1 aromatic rings. The van der Waals surface area contributed by atoms with Crippen molar-refractivity contribution in [3.63, 3.8) is 0 Å². The van der Waals surface area contributed by atoms with Gasteiger partial charge in [0.2, 0.25) is 10.0 Å². The van der Waals surface area contributed by atoms with E-state index in [2.05, 4.69) is 4.72 Å². The minimum atomic E-state index is -3.82. The van der Waals surface area contributed by atoms with Crippen LogP contribution in [-0.4, -0.2) is 14.0 Å². The first-order valence-corrected chi connectivity index (χ1v) is 6.81. The predicted molar refractivity (Wildman–Crippen MR) is 66.5 cm³/mol. The van der Waals surface area contributed by atoms with Gasteiger partial charge in [-0.15, -0.1) is 0 Å². The lowest BCUT2D eigenvalue weighted by Crippen LogP contribution is -2.41. The van der Waals surface area contributed by atoms with Crippen LogP contribution in [0, 0.1) is 11.3 Å².